The number of hydrogen-bond donors (Lipinski definition) is 1. The Labute approximate surface area is 170 Å². The first-order chi connectivity index (χ1) is 13.6. The van der Waals surface area contributed by atoms with E-state index in [-0.39, 0.29) is 6.04 Å². The molecule has 6 heteroatoms. The molecule has 1 fully saturated rings. The fourth-order valence-corrected chi connectivity index (χ4v) is 4.93. The Kier molecular flexibility index (Phi) is 4.25. The Morgan fingerprint density at radius 3 is 2.71 bits per heavy atom. The molecule has 28 heavy (non-hydrogen) atoms. The van der Waals surface area contributed by atoms with Gasteiger partial charge >= 0.3 is 0 Å². The Bertz CT molecular complexity index is 937. The quantitative estimate of drug-likeness (QED) is 0.845. The number of rotatable bonds is 2. The summed E-state index contributed by atoms with van der Waals surface area (Å²) in [4.78, 5) is 1.53. The van der Waals surface area contributed by atoms with Gasteiger partial charge in [-0.05, 0) is 12.1 Å². The Morgan fingerprint density at radius 1 is 1.18 bits per heavy atom. The lowest BCUT2D eigenvalue weighted by Crippen LogP contribution is -3.11. The van der Waals surface area contributed by atoms with Gasteiger partial charge in [-0.25, -0.2) is 5.01 Å². The number of methoxy groups -OCH3 is 1. The minimum absolute atomic E-state index is 0.142. The summed E-state index contributed by atoms with van der Waals surface area (Å²) in [5, 5.41) is 8.06. The van der Waals surface area contributed by atoms with E-state index in [2.05, 4.69) is 24.2 Å². The van der Waals surface area contributed by atoms with Gasteiger partial charge in [0.1, 0.15) is 0 Å². The third-order valence-corrected chi connectivity index (χ3v) is 6.61. The average molecular weight is 399 g/mol. The van der Waals surface area contributed by atoms with E-state index < -0.39 is 5.72 Å². The third-order valence-electron chi connectivity index (χ3n) is 6.28. The van der Waals surface area contributed by atoms with Crippen molar-refractivity contribution in [2.75, 3.05) is 27.2 Å². The lowest BCUT2D eigenvalue weighted by Gasteiger charge is -2.49. The van der Waals surface area contributed by atoms with Crippen molar-refractivity contribution in [3.05, 3.63) is 58.6 Å². The molecule has 0 bridgehead atoms. The average Bonchev–Trinajstić information content (AvgIpc) is 3.17. The normalized spacial score (nSPS) is 28.4. The summed E-state index contributed by atoms with van der Waals surface area (Å²) < 4.78 is 12.3. The molecule has 1 saturated heterocycles. The van der Waals surface area contributed by atoms with E-state index in [1.807, 2.05) is 30.3 Å². The number of piperidine rings is 1. The molecule has 3 heterocycles. The van der Waals surface area contributed by atoms with Crippen LogP contribution < -0.4 is 14.4 Å². The van der Waals surface area contributed by atoms with Gasteiger partial charge < -0.3 is 14.4 Å². The zero-order chi connectivity index (χ0) is 19.3. The van der Waals surface area contributed by atoms with Gasteiger partial charge in [-0.2, -0.15) is 5.10 Å². The lowest BCUT2D eigenvalue weighted by atomic mass is 9.90. The van der Waals surface area contributed by atoms with Crippen LogP contribution in [0, 0.1) is 0 Å². The van der Waals surface area contributed by atoms with Crippen molar-refractivity contribution in [3.8, 4) is 11.5 Å². The molecule has 0 saturated carbocycles. The minimum atomic E-state index is -0.422. The lowest BCUT2D eigenvalue weighted by molar-refractivity contribution is -0.888. The zero-order valence-electron chi connectivity index (χ0n) is 16.2. The zero-order valence-corrected chi connectivity index (χ0v) is 17.0. The molecule has 1 N–H and O–H groups in total. The summed E-state index contributed by atoms with van der Waals surface area (Å²) in [6, 6.07) is 14.2. The summed E-state index contributed by atoms with van der Waals surface area (Å²) in [5.74, 6) is 1.68. The fourth-order valence-electron chi connectivity index (χ4n) is 4.69. The molecule has 0 unspecified atom stereocenters. The van der Waals surface area contributed by atoms with Crippen LogP contribution in [0.4, 0.5) is 0 Å². The second-order valence-corrected chi connectivity index (χ2v) is 8.38. The van der Waals surface area contributed by atoms with Gasteiger partial charge in [0.2, 0.25) is 5.72 Å². The molecule has 5 rings (SSSR count). The number of hydrogen-bond acceptors (Lipinski definition) is 4. The van der Waals surface area contributed by atoms with E-state index in [0.29, 0.717) is 0 Å². The van der Waals surface area contributed by atoms with Crippen LogP contribution >= 0.6 is 11.6 Å². The number of ether oxygens (including phenoxy) is 2. The van der Waals surface area contributed by atoms with E-state index in [4.69, 9.17) is 26.2 Å². The maximum absolute atomic E-state index is 6.71. The molecule has 5 nitrogen and oxygen atoms in total. The predicted molar refractivity (Wildman–Crippen MR) is 109 cm³/mol. The van der Waals surface area contributed by atoms with Crippen molar-refractivity contribution in [2.45, 2.75) is 31.0 Å². The number of fused-ring (bicyclic) bond motifs is 4. The maximum atomic E-state index is 6.71. The smallest absolute Gasteiger partial charge is 0.209 e. The summed E-state index contributed by atoms with van der Waals surface area (Å²) in [6.45, 7) is 2.12. The van der Waals surface area contributed by atoms with Gasteiger partial charge in [-0.1, -0.05) is 41.9 Å². The number of nitrogens with zero attached hydrogens (tertiary/aromatic N) is 2. The summed E-state index contributed by atoms with van der Waals surface area (Å²) in [6.07, 6.45) is 2.69. The van der Waals surface area contributed by atoms with Gasteiger partial charge in [0, 0.05) is 22.6 Å². The molecule has 0 aliphatic carbocycles. The first-order valence-corrected chi connectivity index (χ1v) is 10.3. The van der Waals surface area contributed by atoms with Crippen LogP contribution in [0.1, 0.15) is 36.4 Å². The van der Waals surface area contributed by atoms with Crippen LogP contribution in [0.25, 0.3) is 0 Å². The molecule has 2 aromatic carbocycles. The molecule has 1 spiro atoms. The first-order valence-electron chi connectivity index (χ1n) is 9.90. The molecule has 1 atom stereocenters. The first kappa shape index (κ1) is 17.8. The minimum Gasteiger partial charge on any atom is -0.493 e. The standard InChI is InChI=1S/C22H24ClN3O2/c1-25-12-10-22(11-13-25)26-19(16-7-5-9-20(27-2)21(16)28-22)14-18(24-26)15-6-3-4-8-17(15)23/h3-9,19H,10-14H2,1-2H3/p+1/t19-/m1/s1. The van der Waals surface area contributed by atoms with Crippen LogP contribution in [0.15, 0.2) is 47.6 Å². The van der Waals surface area contributed by atoms with E-state index >= 15 is 0 Å². The van der Waals surface area contributed by atoms with Gasteiger partial charge in [0.15, 0.2) is 11.5 Å². The second kappa shape index (κ2) is 6.68. The van der Waals surface area contributed by atoms with Crippen molar-refractivity contribution in [1.29, 1.82) is 0 Å². The van der Waals surface area contributed by atoms with Gasteiger partial charge in [0.05, 0.1) is 51.8 Å². The number of para-hydroxylation sites is 1. The van der Waals surface area contributed by atoms with Crippen molar-refractivity contribution in [2.24, 2.45) is 5.10 Å². The molecule has 146 valence electrons. The van der Waals surface area contributed by atoms with Crippen LogP contribution in [-0.4, -0.2) is 43.7 Å². The highest BCUT2D eigenvalue weighted by Crippen LogP contribution is 2.52. The predicted octanol–water partition coefficient (Wildman–Crippen LogP) is 2.90. The van der Waals surface area contributed by atoms with E-state index in [0.717, 1.165) is 65.7 Å². The van der Waals surface area contributed by atoms with Gasteiger partial charge in [-0.3, -0.25) is 0 Å². The van der Waals surface area contributed by atoms with Crippen LogP contribution in [0.5, 0.6) is 11.5 Å². The molecular weight excluding hydrogens is 374 g/mol. The number of quaternary nitrogens is 1. The molecular formula is C22H25ClN3O2+. The monoisotopic (exact) mass is 398 g/mol. The third kappa shape index (κ3) is 2.68. The topological polar surface area (TPSA) is 38.5 Å². The largest absolute Gasteiger partial charge is 0.493 e. The van der Waals surface area contributed by atoms with Crippen molar-refractivity contribution >= 4 is 17.3 Å². The molecule has 3 aliphatic rings. The van der Waals surface area contributed by atoms with Crippen LogP contribution in [-0.2, 0) is 0 Å². The van der Waals surface area contributed by atoms with Crippen molar-refractivity contribution in [3.63, 3.8) is 0 Å². The Balaban J connectivity index is 1.62. The van der Waals surface area contributed by atoms with Crippen LogP contribution in [0.3, 0.4) is 0 Å². The number of hydrazone groups is 1. The van der Waals surface area contributed by atoms with Crippen LogP contribution in [0.2, 0.25) is 5.02 Å². The number of halogens is 1. The molecule has 3 aliphatic heterocycles. The van der Waals surface area contributed by atoms with Gasteiger partial charge in [-0.15, -0.1) is 0 Å². The SMILES string of the molecule is COc1cccc2c1OC1(CC[NH+](C)CC1)N1N=C(c3ccccc3Cl)C[C@H]21. The van der Waals surface area contributed by atoms with Crippen molar-refractivity contribution < 1.29 is 14.4 Å². The van der Waals surface area contributed by atoms with E-state index in [9.17, 15) is 0 Å². The Hall–Kier alpha value is -2.24. The van der Waals surface area contributed by atoms with Gasteiger partial charge in [0.25, 0.3) is 0 Å². The van der Waals surface area contributed by atoms with E-state index in [1.54, 1.807) is 7.11 Å². The molecule has 0 radical (unpaired) electrons. The number of likely N-dealkylation sites (tertiary alicyclic amines) is 1. The molecule has 0 aromatic heterocycles. The van der Waals surface area contributed by atoms with Crippen molar-refractivity contribution in [1.82, 2.24) is 5.01 Å². The number of benzene rings is 2. The fraction of sp³-hybridized carbons (Fsp3) is 0.409. The number of nitrogens with one attached hydrogen (secondary N) is 1. The highest BCUT2D eigenvalue weighted by molar-refractivity contribution is 6.34. The second-order valence-electron chi connectivity index (χ2n) is 7.98. The summed E-state index contributed by atoms with van der Waals surface area (Å²) >= 11 is 6.49. The molecule has 0 amide bonds. The Morgan fingerprint density at radius 2 is 1.96 bits per heavy atom. The summed E-state index contributed by atoms with van der Waals surface area (Å²) in [7, 11) is 3.95. The molecule has 2 aromatic rings. The van der Waals surface area contributed by atoms with E-state index in [1.165, 1.54) is 4.90 Å². The highest BCUT2D eigenvalue weighted by atomic mass is 35.5. The highest BCUT2D eigenvalue weighted by Gasteiger charge is 2.53. The summed E-state index contributed by atoms with van der Waals surface area (Å²) in [5.41, 5.74) is 2.76. The maximum Gasteiger partial charge on any atom is 0.209 e.